The van der Waals surface area contributed by atoms with Crippen LogP contribution in [0.5, 0.6) is 0 Å². The highest BCUT2D eigenvalue weighted by Crippen LogP contribution is 2.00. The number of hydrogen-bond acceptors (Lipinski definition) is 6. The second-order valence-corrected chi connectivity index (χ2v) is 4.32. The van der Waals surface area contributed by atoms with E-state index in [1.54, 1.807) is 0 Å². The summed E-state index contributed by atoms with van der Waals surface area (Å²) in [6, 6.07) is 0. The van der Waals surface area contributed by atoms with Crippen molar-refractivity contribution in [2.24, 2.45) is 0 Å². The molecule has 0 aliphatic rings. The van der Waals surface area contributed by atoms with Crippen molar-refractivity contribution in [3.05, 3.63) is 11.5 Å². The van der Waals surface area contributed by atoms with Crippen LogP contribution in [0.4, 0.5) is 0 Å². The topological polar surface area (TPSA) is 127 Å². The molecule has 7 nitrogen and oxygen atoms in total. The fourth-order valence-electron chi connectivity index (χ4n) is 0.763. The van der Waals surface area contributed by atoms with Crippen LogP contribution in [-0.4, -0.2) is 60.2 Å². The molecule has 0 amide bonds. The van der Waals surface area contributed by atoms with Gasteiger partial charge >= 0.3 is 0 Å². The van der Waals surface area contributed by atoms with Gasteiger partial charge in [0, 0.05) is 6.54 Å². The zero-order valence-electron chi connectivity index (χ0n) is 8.00. The minimum atomic E-state index is -4.17. The van der Waals surface area contributed by atoms with Crippen molar-refractivity contribution < 1.29 is 28.3 Å². The van der Waals surface area contributed by atoms with Gasteiger partial charge in [0.1, 0.15) is 0 Å². The van der Waals surface area contributed by atoms with Crippen LogP contribution in [0.25, 0.3) is 0 Å². The van der Waals surface area contributed by atoms with Crippen LogP contribution >= 0.6 is 0 Å². The molecule has 0 saturated heterocycles. The zero-order valence-corrected chi connectivity index (χ0v) is 8.81. The Bertz CT molecular complexity index is 286. The Morgan fingerprint density at radius 2 is 1.60 bits per heavy atom. The highest BCUT2D eigenvalue weighted by molar-refractivity contribution is 7.88. The average Bonchev–Trinajstić information content (AvgIpc) is 2.18. The molecule has 0 aromatic rings. The summed E-state index contributed by atoms with van der Waals surface area (Å²) in [6.45, 7) is -1.53. The summed E-state index contributed by atoms with van der Waals surface area (Å²) in [7, 11) is -4.17. The number of hydrogen-bond donors (Lipinski definition) is 5. The van der Waals surface area contributed by atoms with Gasteiger partial charge in [0.25, 0.3) is 10.1 Å². The number of rotatable bonds is 7. The van der Waals surface area contributed by atoms with Crippen LogP contribution in [0.15, 0.2) is 11.5 Å². The number of aliphatic hydroxyl groups is 3. The minimum Gasteiger partial charge on any atom is -0.394 e. The maximum absolute atomic E-state index is 10.3. The van der Waals surface area contributed by atoms with E-state index in [1.165, 1.54) is 0 Å². The third-order valence-corrected chi connectivity index (χ3v) is 2.31. The Morgan fingerprint density at radius 1 is 1.13 bits per heavy atom. The van der Waals surface area contributed by atoms with Gasteiger partial charge < -0.3 is 20.6 Å². The summed E-state index contributed by atoms with van der Waals surface area (Å²) in [5.41, 5.74) is -1.26. The number of nitrogens with one attached hydrogen (secondary N) is 1. The molecule has 0 fully saturated rings. The second kappa shape index (κ2) is 6.16. The molecule has 0 rings (SSSR count). The van der Waals surface area contributed by atoms with Gasteiger partial charge in [-0.1, -0.05) is 6.08 Å². The fraction of sp³-hybridized carbons (Fsp3) is 0.714. The van der Waals surface area contributed by atoms with E-state index >= 15 is 0 Å². The smallest absolute Gasteiger partial charge is 0.287 e. The van der Waals surface area contributed by atoms with E-state index in [4.69, 9.17) is 19.9 Å². The number of aliphatic hydroxyl groups excluding tert-OH is 3. The van der Waals surface area contributed by atoms with Crippen molar-refractivity contribution in [3.8, 4) is 0 Å². The molecule has 0 aromatic carbocycles. The molecule has 0 bridgehead atoms. The highest BCUT2D eigenvalue weighted by atomic mass is 32.2. The zero-order chi connectivity index (χ0) is 11.9. The van der Waals surface area contributed by atoms with E-state index in [0.717, 1.165) is 6.08 Å². The van der Waals surface area contributed by atoms with Crippen LogP contribution in [0.3, 0.4) is 0 Å². The molecule has 0 atom stereocenters. The van der Waals surface area contributed by atoms with Crippen LogP contribution in [-0.2, 0) is 10.1 Å². The van der Waals surface area contributed by atoms with Gasteiger partial charge in [0.05, 0.1) is 30.8 Å². The van der Waals surface area contributed by atoms with Gasteiger partial charge in [-0.15, -0.1) is 0 Å². The fourth-order valence-corrected chi connectivity index (χ4v) is 1.10. The van der Waals surface area contributed by atoms with Gasteiger partial charge in [0.2, 0.25) is 0 Å². The van der Waals surface area contributed by atoms with E-state index in [2.05, 4.69) is 5.32 Å². The molecule has 5 N–H and O–H groups in total. The molecule has 0 aliphatic heterocycles. The van der Waals surface area contributed by atoms with Gasteiger partial charge in [-0.3, -0.25) is 4.55 Å². The predicted molar refractivity (Wildman–Crippen MR) is 52.7 cm³/mol. The van der Waals surface area contributed by atoms with Crippen LogP contribution in [0.2, 0.25) is 0 Å². The third-order valence-electron chi connectivity index (χ3n) is 1.77. The summed E-state index contributed by atoms with van der Waals surface area (Å²) >= 11 is 0. The maximum Gasteiger partial charge on any atom is 0.287 e. The summed E-state index contributed by atoms with van der Waals surface area (Å²) in [6.07, 6.45) is 1.09. The van der Waals surface area contributed by atoms with Crippen molar-refractivity contribution in [2.75, 3.05) is 26.4 Å². The first-order valence-corrected chi connectivity index (χ1v) is 5.61. The molecule has 0 radical (unpaired) electrons. The quantitative estimate of drug-likeness (QED) is 0.317. The van der Waals surface area contributed by atoms with E-state index in [0.29, 0.717) is 5.41 Å². The highest BCUT2D eigenvalue weighted by Gasteiger charge is 2.26. The van der Waals surface area contributed by atoms with Crippen molar-refractivity contribution in [3.63, 3.8) is 0 Å². The second-order valence-electron chi connectivity index (χ2n) is 3.02. The van der Waals surface area contributed by atoms with Gasteiger partial charge in [-0.25, -0.2) is 0 Å². The monoisotopic (exact) mass is 241 g/mol. The lowest BCUT2D eigenvalue weighted by atomic mass is 10.0. The molecule has 90 valence electrons. The Hall–Kier alpha value is -0.510. The summed E-state index contributed by atoms with van der Waals surface area (Å²) in [5.74, 6) is 0. The lowest BCUT2D eigenvalue weighted by Gasteiger charge is -2.28. The first-order valence-electron chi connectivity index (χ1n) is 4.11. The molecule has 0 heterocycles. The standard InChI is InChI=1S/C7H15NO6S/c9-4-7(5-10,6-11)8-2-1-3-15(12,13)14/h1,3,8-11H,2,4-6H2,(H,12,13,14). The first kappa shape index (κ1) is 14.5. The van der Waals surface area contributed by atoms with Crippen molar-refractivity contribution in [2.45, 2.75) is 5.54 Å². The van der Waals surface area contributed by atoms with Gasteiger partial charge in [-0.05, 0) is 0 Å². The lowest BCUT2D eigenvalue weighted by Crippen LogP contribution is -2.54. The molecule has 0 aliphatic carbocycles. The molecule has 15 heavy (non-hydrogen) atoms. The molecular formula is C7H15NO6S. The van der Waals surface area contributed by atoms with Crippen molar-refractivity contribution >= 4 is 10.1 Å². The SMILES string of the molecule is O=S(=O)(O)C=CCNC(CO)(CO)CO. The van der Waals surface area contributed by atoms with Crippen LogP contribution in [0.1, 0.15) is 0 Å². The minimum absolute atomic E-state index is 0.0263. The maximum atomic E-state index is 10.3. The van der Waals surface area contributed by atoms with Crippen LogP contribution in [0, 0.1) is 0 Å². The van der Waals surface area contributed by atoms with Gasteiger partial charge in [0.15, 0.2) is 0 Å². The molecular weight excluding hydrogens is 226 g/mol. The third kappa shape index (κ3) is 5.82. The van der Waals surface area contributed by atoms with E-state index in [1.807, 2.05) is 0 Å². The van der Waals surface area contributed by atoms with Crippen molar-refractivity contribution in [1.82, 2.24) is 5.32 Å². The predicted octanol–water partition coefficient (Wildman–Crippen LogP) is -2.31. The van der Waals surface area contributed by atoms with Crippen LogP contribution < -0.4 is 5.32 Å². The molecule has 0 spiro atoms. The first-order chi connectivity index (χ1) is 6.89. The van der Waals surface area contributed by atoms with Gasteiger partial charge in [-0.2, -0.15) is 8.42 Å². The molecule has 0 unspecified atom stereocenters. The Balaban J connectivity index is 4.19. The Labute approximate surface area is 87.8 Å². The summed E-state index contributed by atoms with van der Waals surface area (Å²) < 4.78 is 28.8. The van der Waals surface area contributed by atoms with E-state index < -0.39 is 35.5 Å². The lowest BCUT2D eigenvalue weighted by molar-refractivity contribution is 0.0452. The average molecular weight is 241 g/mol. The van der Waals surface area contributed by atoms with E-state index in [-0.39, 0.29) is 6.54 Å². The van der Waals surface area contributed by atoms with Crippen molar-refractivity contribution in [1.29, 1.82) is 0 Å². The summed E-state index contributed by atoms with van der Waals surface area (Å²) in [4.78, 5) is 0. The molecule has 0 saturated carbocycles. The Morgan fingerprint density at radius 3 is 1.93 bits per heavy atom. The molecule has 0 aromatic heterocycles. The summed E-state index contributed by atoms with van der Waals surface area (Å²) in [5, 5.41) is 29.7. The Kier molecular flexibility index (Phi) is 5.95. The van der Waals surface area contributed by atoms with E-state index in [9.17, 15) is 8.42 Å². The largest absolute Gasteiger partial charge is 0.394 e. The normalized spacial score (nSPS) is 13.6. The molecule has 8 heteroatoms.